The van der Waals surface area contributed by atoms with Crippen molar-refractivity contribution < 1.29 is 18.8 Å². The minimum absolute atomic E-state index is 0.111. The van der Waals surface area contributed by atoms with Crippen LogP contribution in [0.5, 0.6) is 0 Å². The third-order valence-corrected chi connectivity index (χ3v) is 10.0. The lowest BCUT2D eigenvalue weighted by Gasteiger charge is -2.51. The highest BCUT2D eigenvalue weighted by atomic mass is 28.4. The molecule has 4 nitrogen and oxygen atoms in total. The summed E-state index contributed by atoms with van der Waals surface area (Å²) in [6.45, 7) is 14.4. The highest BCUT2D eigenvalue weighted by Crippen LogP contribution is 2.51. The molecule has 138 valence electrons. The number of Topliss-reactive ketones (excluding diaryl/α,β-unsaturated/α-hetero) is 1. The summed E-state index contributed by atoms with van der Waals surface area (Å²) < 4.78 is 11.8. The zero-order valence-corrected chi connectivity index (χ0v) is 17.4. The van der Waals surface area contributed by atoms with Gasteiger partial charge in [0, 0.05) is 12.3 Å². The van der Waals surface area contributed by atoms with Crippen LogP contribution in [0.2, 0.25) is 18.1 Å². The van der Waals surface area contributed by atoms with Crippen LogP contribution in [0, 0.1) is 6.92 Å². The van der Waals surface area contributed by atoms with Crippen molar-refractivity contribution in [2.75, 3.05) is 6.61 Å². The number of rotatable bonds is 5. The van der Waals surface area contributed by atoms with Gasteiger partial charge in [0.25, 0.3) is 0 Å². The molecule has 1 aliphatic carbocycles. The first-order chi connectivity index (χ1) is 11.5. The maximum absolute atomic E-state index is 12.9. The van der Waals surface area contributed by atoms with Crippen molar-refractivity contribution in [2.24, 2.45) is 0 Å². The average Bonchev–Trinajstić information content (AvgIpc) is 2.50. The minimum Gasteiger partial charge on any atom is -0.464 e. The number of aryl methyl sites for hydroxylation is 1. The number of benzene rings is 1. The average molecular weight is 363 g/mol. The summed E-state index contributed by atoms with van der Waals surface area (Å²) in [4.78, 5) is 25.6. The highest BCUT2D eigenvalue weighted by Gasteiger charge is 2.65. The minimum atomic E-state index is -2.35. The summed E-state index contributed by atoms with van der Waals surface area (Å²) in [7, 11) is -2.35. The molecule has 0 saturated heterocycles. The molecule has 1 aromatic rings. The quantitative estimate of drug-likeness (QED) is 0.443. The first kappa shape index (κ1) is 19.9. The number of ether oxygens (including phenoxy) is 1. The number of ketones is 1. The van der Waals surface area contributed by atoms with Crippen molar-refractivity contribution in [3.8, 4) is 0 Å². The fourth-order valence-corrected chi connectivity index (χ4v) is 4.37. The molecule has 2 rings (SSSR count). The molecular weight excluding hydrogens is 332 g/mol. The number of carbonyl (C=O) groups is 2. The van der Waals surface area contributed by atoms with E-state index in [1.165, 1.54) is 0 Å². The van der Waals surface area contributed by atoms with Gasteiger partial charge < -0.3 is 9.16 Å². The van der Waals surface area contributed by atoms with Gasteiger partial charge in [0.05, 0.1) is 6.61 Å². The van der Waals surface area contributed by atoms with Crippen molar-refractivity contribution in [3.63, 3.8) is 0 Å². The van der Waals surface area contributed by atoms with E-state index in [2.05, 4.69) is 33.9 Å². The van der Waals surface area contributed by atoms with Gasteiger partial charge in [0.15, 0.2) is 14.1 Å². The Morgan fingerprint density at radius 2 is 1.80 bits per heavy atom. The first-order valence-electron chi connectivity index (χ1n) is 8.93. The van der Waals surface area contributed by atoms with Gasteiger partial charge in [-0.05, 0) is 37.5 Å². The zero-order valence-electron chi connectivity index (χ0n) is 16.4. The second kappa shape index (κ2) is 6.69. The van der Waals surface area contributed by atoms with Crippen LogP contribution in [0.25, 0.3) is 0 Å². The lowest BCUT2D eigenvalue weighted by molar-refractivity contribution is -0.180. The largest absolute Gasteiger partial charge is 0.464 e. The number of hydrogen-bond donors (Lipinski definition) is 0. The zero-order chi connectivity index (χ0) is 19.0. The van der Waals surface area contributed by atoms with E-state index in [0.29, 0.717) is 6.42 Å². The van der Waals surface area contributed by atoms with E-state index in [9.17, 15) is 9.59 Å². The number of esters is 1. The topological polar surface area (TPSA) is 52.6 Å². The van der Waals surface area contributed by atoms with E-state index in [-0.39, 0.29) is 23.3 Å². The Kier molecular flexibility index (Phi) is 5.31. The Bertz CT molecular complexity index is 657. The fourth-order valence-electron chi connectivity index (χ4n) is 2.91. The molecule has 0 aliphatic heterocycles. The van der Waals surface area contributed by atoms with Crippen molar-refractivity contribution in [1.29, 1.82) is 0 Å². The van der Waals surface area contributed by atoms with Gasteiger partial charge >= 0.3 is 5.97 Å². The maximum Gasteiger partial charge on any atom is 0.345 e. The molecule has 1 saturated carbocycles. The molecule has 0 bridgehead atoms. The van der Waals surface area contributed by atoms with Crippen LogP contribution in [0.4, 0.5) is 0 Å². The van der Waals surface area contributed by atoms with Crippen molar-refractivity contribution in [2.45, 2.75) is 70.7 Å². The van der Waals surface area contributed by atoms with Crippen LogP contribution in [0.1, 0.15) is 51.2 Å². The van der Waals surface area contributed by atoms with E-state index in [1.54, 1.807) is 6.92 Å². The van der Waals surface area contributed by atoms with Gasteiger partial charge in [0.2, 0.25) is 5.60 Å². The molecule has 0 heterocycles. The van der Waals surface area contributed by atoms with Crippen LogP contribution < -0.4 is 0 Å². The monoisotopic (exact) mass is 362 g/mol. The van der Waals surface area contributed by atoms with Crippen LogP contribution in [-0.4, -0.2) is 32.3 Å². The van der Waals surface area contributed by atoms with Gasteiger partial charge in [-0.15, -0.1) is 0 Å². The summed E-state index contributed by atoms with van der Waals surface area (Å²) in [6, 6.07) is 7.96. The molecule has 1 aliphatic rings. The number of hydrogen-bond acceptors (Lipinski definition) is 4. The molecule has 0 amide bonds. The van der Waals surface area contributed by atoms with Crippen LogP contribution in [0.3, 0.4) is 0 Å². The molecule has 0 unspecified atom stereocenters. The van der Waals surface area contributed by atoms with E-state index in [1.807, 2.05) is 31.2 Å². The summed E-state index contributed by atoms with van der Waals surface area (Å²) in [5, 5.41) is -0.111. The van der Waals surface area contributed by atoms with E-state index >= 15 is 0 Å². The second-order valence-corrected chi connectivity index (χ2v) is 13.1. The molecule has 0 radical (unpaired) electrons. The SMILES string of the molecule is CCOC(=O)[C@@]1(O[Si](C)(C)C(C)(C)C)C(=O)C[C@H]1c1ccc(C)cc1. The molecular formula is C20H30O4Si. The van der Waals surface area contributed by atoms with Gasteiger partial charge in [-0.2, -0.15) is 0 Å². The number of carbonyl (C=O) groups excluding carboxylic acids is 2. The first-order valence-corrected chi connectivity index (χ1v) is 11.8. The standard InChI is InChI=1S/C20H30O4Si/c1-8-23-18(22)20(24-25(6,7)19(3,4)5)16(13-17(20)21)15-11-9-14(2)10-12-15/h9-12,16H,8,13H2,1-7H3/t16-,20-/m0/s1. The summed E-state index contributed by atoms with van der Waals surface area (Å²) in [5.41, 5.74) is 0.604. The fraction of sp³-hybridized carbons (Fsp3) is 0.600. The van der Waals surface area contributed by atoms with Gasteiger partial charge in [-0.1, -0.05) is 50.6 Å². The molecule has 0 aromatic heterocycles. The molecule has 1 fully saturated rings. The predicted molar refractivity (Wildman–Crippen MR) is 101 cm³/mol. The summed E-state index contributed by atoms with van der Waals surface area (Å²) in [5.74, 6) is -0.989. The van der Waals surface area contributed by atoms with Crippen LogP contribution in [-0.2, 0) is 18.8 Å². The van der Waals surface area contributed by atoms with Gasteiger partial charge in [-0.25, -0.2) is 4.79 Å². The lowest BCUT2D eigenvalue weighted by atomic mass is 9.65. The van der Waals surface area contributed by atoms with E-state index in [4.69, 9.17) is 9.16 Å². The molecule has 2 atom stereocenters. The summed E-state index contributed by atoms with van der Waals surface area (Å²) >= 11 is 0. The highest BCUT2D eigenvalue weighted by molar-refractivity contribution is 6.74. The Morgan fingerprint density at radius 1 is 1.24 bits per heavy atom. The summed E-state index contributed by atoms with van der Waals surface area (Å²) in [6.07, 6.45) is 0.316. The predicted octanol–water partition coefficient (Wildman–Crippen LogP) is 4.38. The van der Waals surface area contributed by atoms with Gasteiger partial charge in [-0.3, -0.25) is 4.79 Å². The Balaban J connectivity index is 2.48. The molecule has 1 aromatic carbocycles. The Morgan fingerprint density at radius 3 is 2.24 bits per heavy atom. The second-order valence-electron chi connectivity index (χ2n) is 8.41. The van der Waals surface area contributed by atoms with Gasteiger partial charge in [0.1, 0.15) is 0 Å². The molecule has 0 spiro atoms. The third kappa shape index (κ3) is 3.44. The smallest absolute Gasteiger partial charge is 0.345 e. The maximum atomic E-state index is 12.9. The molecule has 5 heteroatoms. The van der Waals surface area contributed by atoms with Crippen molar-refractivity contribution >= 4 is 20.1 Å². The normalized spacial score (nSPS) is 24.0. The van der Waals surface area contributed by atoms with E-state index < -0.39 is 19.9 Å². The Hall–Kier alpha value is -1.46. The molecule has 25 heavy (non-hydrogen) atoms. The third-order valence-electron chi connectivity index (χ3n) is 5.58. The van der Waals surface area contributed by atoms with Crippen molar-refractivity contribution in [1.82, 2.24) is 0 Å². The van der Waals surface area contributed by atoms with Crippen molar-refractivity contribution in [3.05, 3.63) is 35.4 Å². The van der Waals surface area contributed by atoms with E-state index in [0.717, 1.165) is 11.1 Å². The Labute approximate surface area is 152 Å². The lowest BCUT2D eigenvalue weighted by Crippen LogP contribution is -2.67. The van der Waals surface area contributed by atoms with Crippen LogP contribution in [0.15, 0.2) is 24.3 Å². The molecule has 0 N–H and O–H groups in total. The van der Waals surface area contributed by atoms with Crippen LogP contribution >= 0.6 is 0 Å².